The normalized spacial score (nSPS) is 9.86. The summed E-state index contributed by atoms with van der Waals surface area (Å²) in [6.07, 6.45) is 4.93. The lowest BCUT2D eigenvalue weighted by Gasteiger charge is -2.03. The largest absolute Gasteiger partial charge is 0.494 e. The van der Waals surface area contributed by atoms with Crippen molar-refractivity contribution >= 4 is 5.95 Å². The van der Waals surface area contributed by atoms with Crippen molar-refractivity contribution in [3.63, 3.8) is 0 Å². The summed E-state index contributed by atoms with van der Waals surface area (Å²) in [5.41, 5.74) is 0. The van der Waals surface area contributed by atoms with Gasteiger partial charge in [0.25, 0.3) is 0 Å². The van der Waals surface area contributed by atoms with Crippen LogP contribution in [0.2, 0.25) is 0 Å². The van der Waals surface area contributed by atoms with Gasteiger partial charge in [0.05, 0.1) is 19.5 Å². The van der Waals surface area contributed by atoms with Crippen LogP contribution >= 0.6 is 0 Å². The topological polar surface area (TPSA) is 67.3 Å². The van der Waals surface area contributed by atoms with Crippen molar-refractivity contribution in [2.24, 2.45) is 0 Å². The number of aliphatic hydroxyl groups is 1. The van der Waals surface area contributed by atoms with E-state index >= 15 is 0 Å². The molecule has 1 rings (SSSR count). The van der Waals surface area contributed by atoms with Crippen molar-refractivity contribution < 1.29 is 9.84 Å². The third-order valence-corrected chi connectivity index (χ3v) is 1.73. The Labute approximate surface area is 83.2 Å². The number of rotatable bonds is 6. The van der Waals surface area contributed by atoms with E-state index in [9.17, 15) is 0 Å². The van der Waals surface area contributed by atoms with Gasteiger partial charge < -0.3 is 15.2 Å². The highest BCUT2D eigenvalue weighted by atomic mass is 16.5. The molecule has 1 aromatic heterocycles. The molecular formula is C9H15N3O2. The van der Waals surface area contributed by atoms with E-state index in [0.29, 0.717) is 11.7 Å². The van der Waals surface area contributed by atoms with Gasteiger partial charge in [-0.3, -0.25) is 0 Å². The van der Waals surface area contributed by atoms with Gasteiger partial charge in [0.2, 0.25) is 5.95 Å². The molecule has 5 heteroatoms. The fourth-order valence-electron chi connectivity index (χ4n) is 0.950. The van der Waals surface area contributed by atoms with Gasteiger partial charge in [-0.1, -0.05) is 0 Å². The number of methoxy groups -OCH3 is 1. The minimum absolute atomic E-state index is 0.227. The monoisotopic (exact) mass is 197 g/mol. The van der Waals surface area contributed by atoms with Crippen LogP contribution in [0.3, 0.4) is 0 Å². The predicted molar refractivity (Wildman–Crippen MR) is 53.4 cm³/mol. The molecule has 0 aromatic carbocycles. The Morgan fingerprint density at radius 2 is 2.07 bits per heavy atom. The summed E-state index contributed by atoms with van der Waals surface area (Å²) < 4.78 is 4.93. The third-order valence-electron chi connectivity index (χ3n) is 1.73. The highest BCUT2D eigenvalue weighted by molar-refractivity contribution is 5.26. The molecular weight excluding hydrogens is 182 g/mol. The van der Waals surface area contributed by atoms with E-state index < -0.39 is 0 Å². The Morgan fingerprint density at radius 1 is 1.36 bits per heavy atom. The summed E-state index contributed by atoms with van der Waals surface area (Å²) in [6, 6.07) is 0. The number of unbranched alkanes of at least 4 members (excludes halogenated alkanes) is 1. The van der Waals surface area contributed by atoms with Crippen LogP contribution in [-0.2, 0) is 0 Å². The molecule has 0 aliphatic heterocycles. The average Bonchev–Trinajstić information content (AvgIpc) is 2.25. The van der Waals surface area contributed by atoms with Gasteiger partial charge in [0, 0.05) is 13.2 Å². The fourth-order valence-corrected chi connectivity index (χ4v) is 0.950. The second-order valence-electron chi connectivity index (χ2n) is 2.80. The number of nitrogens with zero attached hydrogens (tertiary/aromatic N) is 2. The van der Waals surface area contributed by atoms with Crippen LogP contribution < -0.4 is 10.1 Å². The maximum atomic E-state index is 8.56. The molecule has 0 spiro atoms. The van der Waals surface area contributed by atoms with Gasteiger partial charge in [-0.25, -0.2) is 9.97 Å². The van der Waals surface area contributed by atoms with Gasteiger partial charge >= 0.3 is 0 Å². The first kappa shape index (κ1) is 10.7. The maximum Gasteiger partial charge on any atom is 0.222 e. The van der Waals surface area contributed by atoms with Crippen LogP contribution in [-0.4, -0.2) is 35.3 Å². The van der Waals surface area contributed by atoms with Crippen molar-refractivity contribution in [3.05, 3.63) is 12.4 Å². The number of anilines is 1. The van der Waals surface area contributed by atoms with Crippen LogP contribution in [0.15, 0.2) is 12.4 Å². The van der Waals surface area contributed by atoms with E-state index in [1.54, 1.807) is 19.5 Å². The molecule has 0 atom stereocenters. The molecule has 0 unspecified atom stereocenters. The molecule has 2 N–H and O–H groups in total. The first-order valence-electron chi connectivity index (χ1n) is 4.57. The molecule has 1 aromatic rings. The van der Waals surface area contributed by atoms with Crippen LogP contribution in [0.4, 0.5) is 5.95 Å². The minimum Gasteiger partial charge on any atom is -0.494 e. The summed E-state index contributed by atoms with van der Waals surface area (Å²) in [6.45, 7) is 0.998. The molecule has 0 radical (unpaired) electrons. The Hall–Kier alpha value is -1.36. The van der Waals surface area contributed by atoms with E-state index in [-0.39, 0.29) is 6.61 Å². The molecule has 0 aliphatic carbocycles. The number of hydrogen-bond donors (Lipinski definition) is 2. The van der Waals surface area contributed by atoms with Crippen molar-refractivity contribution in [1.82, 2.24) is 9.97 Å². The van der Waals surface area contributed by atoms with Gasteiger partial charge in [0.1, 0.15) is 0 Å². The number of nitrogens with one attached hydrogen (secondary N) is 1. The van der Waals surface area contributed by atoms with E-state index in [1.807, 2.05) is 0 Å². The average molecular weight is 197 g/mol. The van der Waals surface area contributed by atoms with Crippen LogP contribution in [0, 0.1) is 0 Å². The fraction of sp³-hybridized carbons (Fsp3) is 0.556. The van der Waals surface area contributed by atoms with E-state index in [1.165, 1.54) is 0 Å². The zero-order chi connectivity index (χ0) is 10.2. The molecule has 78 valence electrons. The lowest BCUT2D eigenvalue weighted by molar-refractivity contribution is 0.286. The molecule has 5 nitrogen and oxygen atoms in total. The standard InChI is InChI=1S/C9H15N3O2/c1-14-8-6-11-9(12-7-8)10-4-2-3-5-13/h6-7,13H,2-5H2,1H3,(H,10,11,12). The van der Waals surface area contributed by atoms with E-state index in [4.69, 9.17) is 9.84 Å². The molecule has 0 amide bonds. The Kier molecular flexibility index (Phi) is 4.71. The quantitative estimate of drug-likeness (QED) is 0.656. The van der Waals surface area contributed by atoms with Crippen LogP contribution in [0.5, 0.6) is 5.75 Å². The highest BCUT2D eigenvalue weighted by Gasteiger charge is 1.95. The Bertz CT molecular complexity index is 251. The SMILES string of the molecule is COc1cnc(NCCCCO)nc1. The van der Waals surface area contributed by atoms with Crippen LogP contribution in [0.1, 0.15) is 12.8 Å². The zero-order valence-corrected chi connectivity index (χ0v) is 8.23. The second kappa shape index (κ2) is 6.15. The second-order valence-corrected chi connectivity index (χ2v) is 2.80. The summed E-state index contributed by atoms with van der Waals surface area (Å²) in [5, 5.41) is 11.6. The first-order valence-corrected chi connectivity index (χ1v) is 4.57. The smallest absolute Gasteiger partial charge is 0.222 e. The van der Waals surface area contributed by atoms with Crippen molar-refractivity contribution in [2.45, 2.75) is 12.8 Å². The molecule has 14 heavy (non-hydrogen) atoms. The number of ether oxygens (including phenoxy) is 1. The summed E-state index contributed by atoms with van der Waals surface area (Å²) in [4.78, 5) is 8.07. The lowest BCUT2D eigenvalue weighted by Crippen LogP contribution is -2.05. The molecule has 0 saturated carbocycles. The Morgan fingerprint density at radius 3 is 2.64 bits per heavy atom. The predicted octanol–water partition coefficient (Wildman–Crippen LogP) is 0.670. The van der Waals surface area contributed by atoms with E-state index in [0.717, 1.165) is 19.4 Å². The van der Waals surface area contributed by atoms with E-state index in [2.05, 4.69) is 15.3 Å². The molecule has 0 fully saturated rings. The number of hydrogen-bond acceptors (Lipinski definition) is 5. The summed E-state index contributed by atoms with van der Waals surface area (Å²) >= 11 is 0. The molecule has 0 aliphatic rings. The maximum absolute atomic E-state index is 8.56. The first-order chi connectivity index (χ1) is 6.86. The zero-order valence-electron chi connectivity index (χ0n) is 8.23. The van der Waals surface area contributed by atoms with Crippen molar-refractivity contribution in [1.29, 1.82) is 0 Å². The number of aliphatic hydroxyl groups excluding tert-OH is 1. The van der Waals surface area contributed by atoms with Gasteiger partial charge in [-0.05, 0) is 12.8 Å². The van der Waals surface area contributed by atoms with Crippen LogP contribution in [0.25, 0.3) is 0 Å². The summed E-state index contributed by atoms with van der Waals surface area (Å²) in [7, 11) is 1.58. The van der Waals surface area contributed by atoms with Gasteiger partial charge in [-0.15, -0.1) is 0 Å². The molecule has 0 bridgehead atoms. The van der Waals surface area contributed by atoms with Gasteiger partial charge in [0.15, 0.2) is 5.75 Å². The van der Waals surface area contributed by atoms with Crippen molar-refractivity contribution in [2.75, 3.05) is 25.6 Å². The summed E-state index contributed by atoms with van der Waals surface area (Å²) in [5.74, 6) is 1.23. The third kappa shape index (κ3) is 3.57. The van der Waals surface area contributed by atoms with Crippen molar-refractivity contribution in [3.8, 4) is 5.75 Å². The minimum atomic E-state index is 0.227. The van der Waals surface area contributed by atoms with Gasteiger partial charge in [-0.2, -0.15) is 0 Å². The Balaban J connectivity index is 2.29. The molecule has 0 saturated heterocycles. The molecule has 1 heterocycles. The highest BCUT2D eigenvalue weighted by Crippen LogP contribution is 2.06. The lowest BCUT2D eigenvalue weighted by atomic mass is 10.3. The number of aromatic nitrogens is 2.